The maximum atomic E-state index is 5.01. The van der Waals surface area contributed by atoms with Crippen molar-refractivity contribution in [2.75, 3.05) is 0 Å². The van der Waals surface area contributed by atoms with Crippen molar-refractivity contribution in [2.24, 2.45) is 0 Å². The van der Waals surface area contributed by atoms with E-state index >= 15 is 0 Å². The summed E-state index contributed by atoms with van der Waals surface area (Å²) >= 11 is 0. The van der Waals surface area contributed by atoms with E-state index in [9.17, 15) is 0 Å². The molecule has 0 fully saturated rings. The molecule has 2 heteroatoms. The van der Waals surface area contributed by atoms with E-state index in [1.165, 1.54) is 345 Å². The van der Waals surface area contributed by atoms with Crippen molar-refractivity contribution < 1.29 is 0 Å². The summed E-state index contributed by atoms with van der Waals surface area (Å²) in [6.07, 6.45) is 80.7. The van der Waals surface area contributed by atoms with Gasteiger partial charge >= 0.3 is 0 Å². The average molecular weight is 921 g/mol. The van der Waals surface area contributed by atoms with Gasteiger partial charge in [0.15, 0.2) is 0 Å². The molecule has 1 rings (SSSR count). The van der Waals surface area contributed by atoms with Crippen LogP contribution in [0.1, 0.15) is 378 Å². The molecule has 0 saturated carbocycles. The van der Waals surface area contributed by atoms with Crippen LogP contribution < -0.4 is 0 Å². The van der Waals surface area contributed by atoms with Gasteiger partial charge in [0, 0.05) is 17.8 Å². The Morgan fingerprint density at radius 2 is 0.424 bits per heavy atom. The van der Waals surface area contributed by atoms with E-state index in [-0.39, 0.29) is 0 Å². The molecule has 389 valence electrons. The van der Waals surface area contributed by atoms with Crippen LogP contribution in [0.25, 0.3) is 0 Å². The minimum absolute atomic E-state index is 0.974. The summed E-state index contributed by atoms with van der Waals surface area (Å²) in [5.74, 6) is 1.08. The molecule has 1 radical (unpaired) electrons. The van der Waals surface area contributed by atoms with Crippen molar-refractivity contribution in [3.63, 3.8) is 0 Å². The molecule has 0 saturated heterocycles. The molecular formula is C64H123N2. The minimum Gasteiger partial charge on any atom is -0.238 e. The van der Waals surface area contributed by atoms with Gasteiger partial charge in [0.05, 0.1) is 0 Å². The zero-order chi connectivity index (χ0) is 47.2. The van der Waals surface area contributed by atoms with E-state index in [0.717, 1.165) is 37.9 Å². The molecule has 0 aliphatic carbocycles. The Morgan fingerprint density at radius 3 is 0.606 bits per heavy atom. The first kappa shape index (κ1) is 63.1. The van der Waals surface area contributed by atoms with Crippen molar-refractivity contribution in [2.45, 2.75) is 380 Å². The lowest BCUT2D eigenvalue weighted by Gasteiger charge is -2.09. The first-order valence-corrected chi connectivity index (χ1v) is 31.4. The molecule has 0 aliphatic heterocycles. The Balaban J connectivity index is 1.91. The molecule has 1 heterocycles. The van der Waals surface area contributed by atoms with Crippen LogP contribution in [0.15, 0.2) is 6.07 Å². The van der Waals surface area contributed by atoms with Gasteiger partial charge in [-0.05, 0) is 38.2 Å². The highest BCUT2D eigenvalue weighted by Gasteiger charge is 2.07. The third kappa shape index (κ3) is 48.1. The quantitative estimate of drug-likeness (QED) is 0.0609. The summed E-state index contributed by atoms with van der Waals surface area (Å²) in [5.41, 5.74) is 2.61. The van der Waals surface area contributed by atoms with Gasteiger partial charge in [-0.3, -0.25) is 0 Å². The normalized spacial score (nSPS) is 11.7. The first-order valence-electron chi connectivity index (χ1n) is 31.4. The smallest absolute Gasteiger partial charge is 0.128 e. The average Bonchev–Trinajstić information content (AvgIpc) is 3.33. The van der Waals surface area contributed by atoms with Gasteiger partial charge in [0.25, 0.3) is 0 Å². The number of nitrogens with zero attached hydrogens (tertiary/aromatic N) is 2. The number of hydrogen-bond donors (Lipinski definition) is 0. The Morgan fingerprint density at radius 1 is 0.242 bits per heavy atom. The Kier molecular flexibility index (Phi) is 52.6. The molecule has 1 aromatic rings. The minimum atomic E-state index is 0.974. The molecule has 0 spiro atoms. The van der Waals surface area contributed by atoms with Crippen LogP contribution in [0.2, 0.25) is 0 Å². The Bertz CT molecular complexity index is 960. The molecule has 0 aromatic carbocycles. The first-order chi connectivity index (χ1) is 32.8. The number of unbranched alkanes of at least 4 members (excludes halogenated alkanes) is 51. The fourth-order valence-electron chi connectivity index (χ4n) is 10.5. The van der Waals surface area contributed by atoms with E-state index < -0.39 is 0 Å². The molecule has 0 amide bonds. The molecule has 0 unspecified atom stereocenters. The lowest BCUT2D eigenvalue weighted by molar-refractivity contribution is 0.515. The highest BCUT2D eigenvalue weighted by molar-refractivity contribution is 5.12. The third-order valence-corrected chi connectivity index (χ3v) is 15.1. The van der Waals surface area contributed by atoms with Gasteiger partial charge in [0.1, 0.15) is 5.82 Å². The summed E-state index contributed by atoms with van der Waals surface area (Å²) in [6, 6.07) is 2.35. The summed E-state index contributed by atoms with van der Waals surface area (Å²) < 4.78 is 0. The third-order valence-electron chi connectivity index (χ3n) is 15.1. The van der Waals surface area contributed by atoms with Crippen LogP contribution >= 0.6 is 0 Å². The van der Waals surface area contributed by atoms with E-state index in [1.54, 1.807) is 0 Å². The number of aryl methyl sites for hydroxylation is 3. The van der Waals surface area contributed by atoms with Gasteiger partial charge in [-0.25, -0.2) is 9.97 Å². The Hall–Kier alpha value is -0.920. The van der Waals surface area contributed by atoms with Crippen LogP contribution in [-0.4, -0.2) is 9.97 Å². The number of rotatable bonds is 57. The summed E-state index contributed by atoms with van der Waals surface area (Å²) in [4.78, 5) is 10.0. The number of aromatic nitrogens is 2. The van der Waals surface area contributed by atoms with Crippen LogP contribution in [0.5, 0.6) is 0 Å². The highest BCUT2D eigenvalue weighted by atomic mass is 14.9. The van der Waals surface area contributed by atoms with E-state index in [2.05, 4.69) is 26.8 Å². The predicted octanol–water partition coefficient (Wildman–Crippen LogP) is 23.0. The van der Waals surface area contributed by atoms with Gasteiger partial charge in [-0.15, -0.1) is 0 Å². The maximum Gasteiger partial charge on any atom is 0.128 e. The second-order valence-corrected chi connectivity index (χ2v) is 21.9. The summed E-state index contributed by atoms with van der Waals surface area (Å²) in [7, 11) is 0. The zero-order valence-electron chi connectivity index (χ0n) is 46.0. The van der Waals surface area contributed by atoms with Crippen molar-refractivity contribution in [1.82, 2.24) is 9.97 Å². The van der Waals surface area contributed by atoms with Crippen LogP contribution in [0, 0.1) is 6.92 Å². The van der Waals surface area contributed by atoms with Gasteiger partial charge in [0.2, 0.25) is 0 Å². The van der Waals surface area contributed by atoms with Crippen molar-refractivity contribution in [1.29, 1.82) is 0 Å². The zero-order valence-corrected chi connectivity index (χ0v) is 46.0. The van der Waals surface area contributed by atoms with Gasteiger partial charge < -0.3 is 0 Å². The van der Waals surface area contributed by atoms with E-state index in [4.69, 9.17) is 9.97 Å². The number of hydrogen-bond acceptors (Lipinski definition) is 2. The second-order valence-electron chi connectivity index (χ2n) is 21.9. The Labute approximate surface area is 418 Å². The van der Waals surface area contributed by atoms with Gasteiger partial charge in [-0.1, -0.05) is 348 Å². The van der Waals surface area contributed by atoms with Crippen LogP contribution in [0.3, 0.4) is 0 Å². The fourth-order valence-corrected chi connectivity index (χ4v) is 10.5. The van der Waals surface area contributed by atoms with Crippen molar-refractivity contribution >= 4 is 0 Å². The SMILES string of the molecule is [CH2]CCCc1nc(CCCCCCCCCCCCCCCCCCCCCCCCCCCC)cc(CCCCCCCCCCCCCCCCCCCCCCCCCCCC)n1. The lowest BCUT2D eigenvalue weighted by atomic mass is 10.0. The fraction of sp³-hybridized carbons (Fsp3) is 0.922. The molecule has 1 aromatic heterocycles. The molecule has 0 aliphatic rings. The largest absolute Gasteiger partial charge is 0.238 e. The van der Waals surface area contributed by atoms with Crippen molar-refractivity contribution in [3.8, 4) is 0 Å². The molecule has 0 atom stereocenters. The predicted molar refractivity (Wildman–Crippen MR) is 299 cm³/mol. The molecular weight excluding hydrogens is 797 g/mol. The van der Waals surface area contributed by atoms with Crippen molar-refractivity contribution in [3.05, 3.63) is 30.2 Å². The highest BCUT2D eigenvalue weighted by Crippen LogP contribution is 2.20. The van der Waals surface area contributed by atoms with Crippen LogP contribution in [0.4, 0.5) is 0 Å². The summed E-state index contributed by atoms with van der Waals surface area (Å²) in [5, 5.41) is 0. The topological polar surface area (TPSA) is 25.8 Å². The molecule has 66 heavy (non-hydrogen) atoms. The van der Waals surface area contributed by atoms with E-state index in [1.807, 2.05) is 0 Å². The van der Waals surface area contributed by atoms with Crippen LogP contribution in [-0.2, 0) is 19.3 Å². The van der Waals surface area contributed by atoms with Gasteiger partial charge in [-0.2, -0.15) is 0 Å². The molecule has 0 bridgehead atoms. The second kappa shape index (κ2) is 55.0. The monoisotopic (exact) mass is 920 g/mol. The standard InChI is InChI=1S/C64H123N2/c1-4-7-10-12-14-16-18-20-22-24-26-28-30-32-34-36-38-40-42-44-46-48-50-52-54-56-58-62-61-63(66-64(65-62)60-9-6-3)59-57-55-53-51-49-47-45-43-41-39-37-35-33-31-29-27-25-23-21-19-17-15-13-11-8-5-2/h61H,3-60H2,1-2H3. The van der Waals surface area contributed by atoms with E-state index in [0.29, 0.717) is 0 Å². The summed E-state index contributed by atoms with van der Waals surface area (Å²) in [6.45, 7) is 8.70. The molecule has 2 nitrogen and oxygen atoms in total. The maximum absolute atomic E-state index is 5.01. The molecule has 0 N–H and O–H groups in total. The lowest BCUT2D eigenvalue weighted by Crippen LogP contribution is -2.04.